The monoisotopic (exact) mass is 299 g/mol. The molecule has 0 aliphatic heterocycles. The van der Waals surface area contributed by atoms with Gasteiger partial charge in [-0.25, -0.2) is 0 Å². The highest BCUT2D eigenvalue weighted by molar-refractivity contribution is 5.58. The zero-order valence-electron chi connectivity index (χ0n) is 11.5. The van der Waals surface area contributed by atoms with Crippen LogP contribution in [0.3, 0.4) is 0 Å². The lowest BCUT2D eigenvalue weighted by molar-refractivity contribution is -0.120. The van der Waals surface area contributed by atoms with Crippen molar-refractivity contribution in [2.45, 2.75) is 30.8 Å². The lowest BCUT2D eigenvalue weighted by Crippen LogP contribution is -2.52. The third-order valence-electron chi connectivity index (χ3n) is 3.21. The topological polar surface area (TPSA) is 130 Å². The number of phenolic OH excluding ortho intramolecular Hbond substituents is 1. The number of para-hydroxylation sites is 1. The average molecular weight is 299 g/mol. The van der Waals surface area contributed by atoms with Gasteiger partial charge in [-0.3, -0.25) is 0 Å². The Morgan fingerprint density at radius 3 is 2.38 bits per heavy atom. The summed E-state index contributed by atoms with van der Waals surface area (Å²) < 4.78 is 0. The second kappa shape index (κ2) is 8.71. The molecule has 0 aliphatic carbocycles. The molecule has 1 aromatic carbocycles. The molecule has 6 N–H and O–H groups in total. The second-order valence-corrected chi connectivity index (χ2v) is 4.73. The molecule has 21 heavy (non-hydrogen) atoms. The predicted molar refractivity (Wildman–Crippen MR) is 74.8 cm³/mol. The Labute approximate surface area is 122 Å². The third kappa shape index (κ3) is 5.07. The van der Waals surface area contributed by atoms with E-state index >= 15 is 0 Å². The largest absolute Gasteiger partial charge is 0.508 e. The highest BCUT2D eigenvalue weighted by atomic mass is 16.4. The quantitative estimate of drug-likeness (QED) is 0.296. The molecule has 0 amide bonds. The Kier molecular flexibility index (Phi) is 7.27. The molecule has 118 valence electrons. The molecule has 0 unspecified atom stereocenters. The zero-order chi connectivity index (χ0) is 15.8. The summed E-state index contributed by atoms with van der Waals surface area (Å²) in [5, 5.41) is 49.6. The van der Waals surface area contributed by atoms with Crippen LogP contribution < -0.4 is 5.32 Å². The summed E-state index contributed by atoms with van der Waals surface area (Å²) >= 11 is 0. The molecule has 0 aromatic heterocycles. The first-order valence-electron chi connectivity index (χ1n) is 6.61. The minimum atomic E-state index is -1.64. The number of benzene rings is 1. The molecule has 1 aromatic rings. The van der Waals surface area contributed by atoms with E-state index in [0.29, 0.717) is 18.3 Å². The van der Waals surface area contributed by atoms with Crippen LogP contribution in [0.5, 0.6) is 5.75 Å². The Morgan fingerprint density at radius 2 is 1.81 bits per heavy atom. The lowest BCUT2D eigenvalue weighted by Gasteiger charge is -2.26. The van der Waals surface area contributed by atoms with E-state index in [9.17, 15) is 25.2 Å². The fourth-order valence-electron chi connectivity index (χ4n) is 1.89. The molecule has 0 aliphatic rings. The molecule has 1 rings (SSSR count). The minimum Gasteiger partial charge on any atom is -0.508 e. The first-order chi connectivity index (χ1) is 10.0. The van der Waals surface area contributed by atoms with Crippen molar-refractivity contribution in [3.05, 3.63) is 29.8 Å². The summed E-state index contributed by atoms with van der Waals surface area (Å²) in [5.74, 6) is 0.137. The summed E-state index contributed by atoms with van der Waals surface area (Å²) in [5.41, 5.74) is 0.681. The Balaban J connectivity index is 2.51. The Bertz CT molecular complexity index is 441. The minimum absolute atomic E-state index is 0.137. The number of phenols is 1. The van der Waals surface area contributed by atoms with Crippen LogP contribution in [0.15, 0.2) is 24.3 Å². The van der Waals surface area contributed by atoms with E-state index in [1.54, 1.807) is 24.3 Å². The van der Waals surface area contributed by atoms with Crippen molar-refractivity contribution in [2.24, 2.45) is 0 Å². The van der Waals surface area contributed by atoms with Gasteiger partial charge in [-0.2, -0.15) is 0 Å². The summed E-state index contributed by atoms with van der Waals surface area (Å²) in [6.45, 7) is -0.443. The van der Waals surface area contributed by atoms with E-state index in [2.05, 4.69) is 5.32 Å². The van der Waals surface area contributed by atoms with Crippen molar-refractivity contribution in [1.82, 2.24) is 5.32 Å². The van der Waals surface area contributed by atoms with Crippen molar-refractivity contribution < 1.29 is 30.3 Å². The molecule has 0 fully saturated rings. The summed E-state index contributed by atoms with van der Waals surface area (Å²) in [7, 11) is 0. The molecule has 0 saturated carbocycles. The van der Waals surface area contributed by atoms with Gasteiger partial charge in [0.15, 0.2) is 0 Å². The van der Waals surface area contributed by atoms with Crippen LogP contribution in [0.1, 0.15) is 5.56 Å². The number of carbonyl (C=O) groups is 1. The normalized spacial score (nSPS) is 17.0. The summed E-state index contributed by atoms with van der Waals surface area (Å²) in [4.78, 5) is 10.9. The van der Waals surface area contributed by atoms with Crippen molar-refractivity contribution in [1.29, 1.82) is 0 Å². The average Bonchev–Trinajstić information content (AvgIpc) is 2.51. The van der Waals surface area contributed by atoms with E-state index in [1.165, 1.54) is 0 Å². The van der Waals surface area contributed by atoms with Gasteiger partial charge in [-0.1, -0.05) is 18.2 Å². The van der Waals surface area contributed by atoms with Crippen molar-refractivity contribution in [3.63, 3.8) is 0 Å². The van der Waals surface area contributed by atoms with Crippen LogP contribution in [0.2, 0.25) is 0 Å². The fraction of sp³-hybridized carbons (Fsp3) is 0.500. The highest BCUT2D eigenvalue weighted by Crippen LogP contribution is 2.15. The maximum absolute atomic E-state index is 10.9. The molecular formula is C14H21NO6. The number of aliphatic hydroxyl groups excluding tert-OH is 4. The molecular weight excluding hydrogens is 278 g/mol. The Hall–Kier alpha value is -1.51. The maximum atomic E-state index is 10.9. The fourth-order valence-corrected chi connectivity index (χ4v) is 1.89. The first-order valence-corrected chi connectivity index (χ1v) is 6.61. The van der Waals surface area contributed by atoms with Gasteiger partial charge in [0.1, 0.15) is 30.3 Å². The molecule has 0 bridgehead atoms. The number of aromatic hydroxyl groups is 1. The molecule has 4 atom stereocenters. The van der Waals surface area contributed by atoms with Crippen molar-refractivity contribution >= 4 is 6.29 Å². The highest BCUT2D eigenvalue weighted by Gasteiger charge is 2.30. The van der Waals surface area contributed by atoms with Gasteiger partial charge < -0.3 is 35.6 Å². The standard InChI is InChI=1S/C14H21NO6/c16-7-10(13(20)14(21)12(19)8-17)15-6-5-9-3-1-2-4-11(9)18/h1-4,7,10,12-15,17-21H,5-6,8H2/t10-,12+,13+,14+/m0/s1. The first kappa shape index (κ1) is 17.5. The molecule has 0 saturated heterocycles. The number of hydrogen-bond acceptors (Lipinski definition) is 7. The van der Waals surface area contributed by atoms with E-state index < -0.39 is 31.0 Å². The molecule has 7 nitrogen and oxygen atoms in total. The van der Waals surface area contributed by atoms with Gasteiger partial charge in [0.2, 0.25) is 0 Å². The van der Waals surface area contributed by atoms with Crippen LogP contribution >= 0.6 is 0 Å². The number of rotatable bonds is 9. The van der Waals surface area contributed by atoms with Crippen molar-refractivity contribution in [3.8, 4) is 5.75 Å². The molecule has 7 heteroatoms. The molecule has 0 heterocycles. The SMILES string of the molecule is O=C[C@H](NCCc1ccccc1O)[C@@H](O)[C@H](O)[C@H](O)CO. The second-order valence-electron chi connectivity index (χ2n) is 4.73. The van der Waals surface area contributed by atoms with Crippen LogP contribution in [0.25, 0.3) is 0 Å². The van der Waals surface area contributed by atoms with Crippen LogP contribution in [0, 0.1) is 0 Å². The van der Waals surface area contributed by atoms with Gasteiger partial charge in [0.05, 0.1) is 12.6 Å². The van der Waals surface area contributed by atoms with Crippen molar-refractivity contribution in [2.75, 3.05) is 13.2 Å². The number of aldehydes is 1. The summed E-state index contributed by atoms with van der Waals surface area (Å²) in [6.07, 6.45) is -3.87. The van der Waals surface area contributed by atoms with Gasteiger partial charge in [-0.05, 0) is 18.1 Å². The van der Waals surface area contributed by atoms with E-state index in [1.807, 2.05) is 0 Å². The number of hydrogen-bond donors (Lipinski definition) is 6. The number of carbonyl (C=O) groups excluding carboxylic acids is 1. The van der Waals surface area contributed by atoms with E-state index in [0.717, 1.165) is 0 Å². The molecule has 0 radical (unpaired) electrons. The van der Waals surface area contributed by atoms with Gasteiger partial charge in [0.25, 0.3) is 0 Å². The number of nitrogens with one attached hydrogen (secondary N) is 1. The van der Waals surface area contributed by atoms with E-state index in [-0.39, 0.29) is 12.3 Å². The van der Waals surface area contributed by atoms with Gasteiger partial charge >= 0.3 is 0 Å². The maximum Gasteiger partial charge on any atom is 0.139 e. The summed E-state index contributed by atoms with van der Waals surface area (Å²) in [6, 6.07) is 5.64. The predicted octanol–water partition coefficient (Wildman–Crippen LogP) is -1.83. The lowest BCUT2D eigenvalue weighted by atomic mass is 10.0. The van der Waals surface area contributed by atoms with Gasteiger partial charge in [-0.15, -0.1) is 0 Å². The van der Waals surface area contributed by atoms with Gasteiger partial charge in [0, 0.05) is 6.54 Å². The number of aliphatic hydroxyl groups is 4. The van der Waals surface area contributed by atoms with Crippen LogP contribution in [-0.4, -0.2) is 69.3 Å². The van der Waals surface area contributed by atoms with E-state index in [4.69, 9.17) is 5.11 Å². The van der Waals surface area contributed by atoms with Crippen LogP contribution in [-0.2, 0) is 11.2 Å². The van der Waals surface area contributed by atoms with Crippen LogP contribution in [0.4, 0.5) is 0 Å². The Morgan fingerprint density at radius 1 is 1.14 bits per heavy atom. The molecule has 0 spiro atoms. The zero-order valence-corrected chi connectivity index (χ0v) is 11.5. The third-order valence-corrected chi connectivity index (χ3v) is 3.21. The smallest absolute Gasteiger partial charge is 0.139 e.